The van der Waals surface area contributed by atoms with Gasteiger partial charge in [-0.3, -0.25) is 4.79 Å². The Morgan fingerprint density at radius 3 is 2.47 bits per heavy atom. The van der Waals surface area contributed by atoms with E-state index in [0.29, 0.717) is 30.2 Å². The van der Waals surface area contributed by atoms with E-state index in [1.54, 1.807) is 6.07 Å². The van der Waals surface area contributed by atoms with Crippen LogP contribution in [0.4, 0.5) is 0 Å². The van der Waals surface area contributed by atoms with E-state index in [9.17, 15) is 19.8 Å². The number of thioether (sulfide) groups is 1. The van der Waals surface area contributed by atoms with Crippen LogP contribution in [-0.4, -0.2) is 47.7 Å². The summed E-state index contributed by atoms with van der Waals surface area (Å²) < 4.78 is 0. The average molecular weight is 505 g/mol. The molecule has 0 radical (unpaired) electrons. The molecule has 3 rings (SSSR count). The summed E-state index contributed by atoms with van der Waals surface area (Å²) in [6, 6.07) is 12.5. The molecule has 1 amide bonds. The Hall–Kier alpha value is -1.75. The predicted octanol–water partition coefficient (Wildman–Crippen LogP) is 0.298. The van der Waals surface area contributed by atoms with Crippen LogP contribution >= 0.6 is 11.8 Å². The summed E-state index contributed by atoms with van der Waals surface area (Å²) in [5.74, 6) is -0.601. The van der Waals surface area contributed by atoms with Crippen LogP contribution in [0.1, 0.15) is 60.0 Å². The van der Waals surface area contributed by atoms with Crippen LogP contribution < -0.4 is 34.6 Å². The maximum atomic E-state index is 13.2. The molecule has 190 valence electrons. The third-order valence-electron chi connectivity index (χ3n) is 6.95. The Morgan fingerprint density at radius 1 is 1.11 bits per heavy atom. The van der Waals surface area contributed by atoms with Crippen molar-refractivity contribution in [1.82, 2.24) is 10.6 Å². The third-order valence-corrected chi connectivity index (χ3v) is 7.59. The molecule has 0 bridgehead atoms. The van der Waals surface area contributed by atoms with E-state index >= 15 is 0 Å². The summed E-state index contributed by atoms with van der Waals surface area (Å²) in [5, 5.41) is 27.7. The van der Waals surface area contributed by atoms with Crippen molar-refractivity contribution in [2.24, 2.45) is 5.92 Å². The van der Waals surface area contributed by atoms with E-state index in [0.717, 1.165) is 35.1 Å². The monoisotopic (exact) mass is 504 g/mol. The Labute approximate surface area is 231 Å². The minimum Gasteiger partial charge on any atom is -0.548 e. The average Bonchev–Trinajstić information content (AvgIpc) is 2.87. The predicted molar refractivity (Wildman–Crippen MR) is 140 cm³/mol. The van der Waals surface area contributed by atoms with Gasteiger partial charge in [0.25, 0.3) is 5.91 Å². The SMILES string of the molecule is CSCC[C@H](NC(=O)c1ccc(CNC(CO)C2CCCCC2)cc1-c1ccccc1C)C(=O)[O-].[Li+]. The van der Waals surface area contributed by atoms with Gasteiger partial charge in [-0.1, -0.05) is 49.6 Å². The zero-order valence-corrected chi connectivity index (χ0v) is 22.5. The van der Waals surface area contributed by atoms with Gasteiger partial charge in [0, 0.05) is 18.2 Å². The number of aliphatic hydroxyl groups is 1. The van der Waals surface area contributed by atoms with E-state index in [-0.39, 0.29) is 31.5 Å². The van der Waals surface area contributed by atoms with Gasteiger partial charge in [-0.15, -0.1) is 0 Å². The molecule has 1 unspecified atom stereocenters. The Morgan fingerprint density at radius 2 is 1.83 bits per heavy atom. The number of carbonyl (C=O) groups excluding carboxylic acids is 2. The number of aliphatic hydroxyl groups excluding tert-OH is 1. The molecular weight excluding hydrogens is 467 g/mol. The number of carbonyl (C=O) groups is 2. The summed E-state index contributed by atoms with van der Waals surface area (Å²) in [6.45, 7) is 2.68. The topological polar surface area (TPSA) is 101 Å². The first-order valence-corrected chi connectivity index (χ1v) is 13.9. The first-order chi connectivity index (χ1) is 16.9. The van der Waals surface area contributed by atoms with Crippen molar-refractivity contribution in [3.8, 4) is 11.1 Å². The molecule has 1 aliphatic carbocycles. The zero-order chi connectivity index (χ0) is 25.2. The number of rotatable bonds is 12. The Bertz CT molecular complexity index is 997. The summed E-state index contributed by atoms with van der Waals surface area (Å²) in [6.07, 6.45) is 8.19. The number of carboxylic acids is 1. The number of hydrogen-bond acceptors (Lipinski definition) is 6. The number of nitrogens with one attached hydrogen (secondary N) is 2. The number of aliphatic carboxylic acids is 1. The number of hydrogen-bond donors (Lipinski definition) is 3. The van der Waals surface area contributed by atoms with Gasteiger partial charge in [0.05, 0.1) is 18.6 Å². The van der Waals surface area contributed by atoms with Gasteiger partial charge in [-0.2, -0.15) is 11.8 Å². The van der Waals surface area contributed by atoms with Gasteiger partial charge in [0.15, 0.2) is 0 Å². The maximum absolute atomic E-state index is 13.2. The van der Waals surface area contributed by atoms with Crippen LogP contribution in [0.25, 0.3) is 11.1 Å². The second-order valence-corrected chi connectivity index (χ2v) is 10.4. The number of carboxylic acid groups (broad SMARTS) is 1. The van der Waals surface area contributed by atoms with E-state index < -0.39 is 17.9 Å². The second-order valence-electron chi connectivity index (χ2n) is 9.39. The van der Waals surface area contributed by atoms with E-state index in [2.05, 4.69) is 10.6 Å². The molecule has 2 aromatic rings. The smallest absolute Gasteiger partial charge is 0.548 e. The molecule has 0 saturated heterocycles. The third kappa shape index (κ3) is 8.39. The largest absolute Gasteiger partial charge is 1.00 e. The molecule has 0 spiro atoms. The van der Waals surface area contributed by atoms with Crippen molar-refractivity contribution >= 4 is 23.6 Å². The Balaban J connectivity index is 0.00000456. The fraction of sp³-hybridized carbons (Fsp3) is 0.500. The van der Waals surface area contributed by atoms with Crippen LogP contribution in [0.2, 0.25) is 0 Å². The zero-order valence-electron chi connectivity index (χ0n) is 21.7. The summed E-state index contributed by atoms with van der Waals surface area (Å²) in [4.78, 5) is 24.8. The van der Waals surface area contributed by atoms with E-state index in [1.165, 1.54) is 31.0 Å². The number of benzene rings is 2. The molecule has 0 aromatic heterocycles. The summed E-state index contributed by atoms with van der Waals surface area (Å²) in [5.41, 5.74) is 4.16. The minimum absolute atomic E-state index is 0. The van der Waals surface area contributed by atoms with Crippen molar-refractivity contribution in [2.45, 2.75) is 64.1 Å². The van der Waals surface area contributed by atoms with Crippen LogP contribution in [-0.2, 0) is 11.3 Å². The molecule has 1 aliphatic rings. The Kier molecular flexibility index (Phi) is 13.1. The molecule has 1 saturated carbocycles. The fourth-order valence-electron chi connectivity index (χ4n) is 4.88. The molecule has 2 aromatic carbocycles. The first-order valence-electron chi connectivity index (χ1n) is 12.5. The van der Waals surface area contributed by atoms with E-state index in [1.807, 2.05) is 49.6 Å². The van der Waals surface area contributed by atoms with Gasteiger partial charge in [-0.05, 0) is 78.5 Å². The molecule has 2 atom stereocenters. The molecule has 0 aliphatic heterocycles. The molecule has 6 nitrogen and oxygen atoms in total. The van der Waals surface area contributed by atoms with Crippen molar-refractivity contribution in [3.63, 3.8) is 0 Å². The van der Waals surface area contributed by atoms with Gasteiger partial charge in [0.2, 0.25) is 0 Å². The fourth-order valence-corrected chi connectivity index (χ4v) is 5.36. The molecule has 0 heterocycles. The quantitative estimate of drug-likeness (QED) is 0.360. The van der Waals surface area contributed by atoms with Gasteiger partial charge >= 0.3 is 18.9 Å². The van der Waals surface area contributed by atoms with Crippen molar-refractivity contribution < 1.29 is 38.7 Å². The van der Waals surface area contributed by atoms with Gasteiger partial charge in [0.1, 0.15) is 0 Å². The molecule has 3 N–H and O–H groups in total. The maximum Gasteiger partial charge on any atom is 1.00 e. The minimum atomic E-state index is -1.27. The van der Waals surface area contributed by atoms with Crippen LogP contribution in [0, 0.1) is 12.8 Å². The van der Waals surface area contributed by atoms with Gasteiger partial charge in [-0.25, -0.2) is 0 Å². The van der Waals surface area contributed by atoms with Crippen LogP contribution in [0.3, 0.4) is 0 Å². The van der Waals surface area contributed by atoms with Crippen molar-refractivity contribution in [1.29, 1.82) is 0 Å². The van der Waals surface area contributed by atoms with Crippen LogP contribution in [0.15, 0.2) is 42.5 Å². The first kappa shape index (κ1) is 30.5. The van der Waals surface area contributed by atoms with Crippen molar-refractivity contribution in [2.75, 3.05) is 18.6 Å². The van der Waals surface area contributed by atoms with Gasteiger partial charge < -0.3 is 25.6 Å². The molecule has 8 heteroatoms. The number of aryl methyl sites for hydroxylation is 1. The standard InChI is InChI=1S/C28H38N2O4S.Li/c1-19-8-6-7-11-22(19)24-16-20(17-29-26(18-31)21-9-4-3-5-10-21)12-13-23(24)27(32)30-25(28(33)34)14-15-35-2;/h6-8,11-13,16,21,25-26,29,31H,3-5,9-10,14-15,17-18H2,1-2H3,(H,30,32)(H,33,34);/q;+1/p-1/t25-,26?;/m0./s1. The summed E-state index contributed by atoms with van der Waals surface area (Å²) >= 11 is 1.53. The molecule has 36 heavy (non-hydrogen) atoms. The number of amides is 1. The summed E-state index contributed by atoms with van der Waals surface area (Å²) in [7, 11) is 0. The van der Waals surface area contributed by atoms with Crippen LogP contribution in [0.5, 0.6) is 0 Å². The second kappa shape index (κ2) is 15.5. The van der Waals surface area contributed by atoms with Crippen molar-refractivity contribution in [3.05, 3.63) is 59.2 Å². The molecular formula is C28H37LiN2O4S. The molecule has 1 fully saturated rings. The normalized spacial score (nSPS) is 15.5. The van der Waals surface area contributed by atoms with E-state index in [4.69, 9.17) is 0 Å².